The van der Waals surface area contributed by atoms with Crippen molar-refractivity contribution in [3.05, 3.63) is 117 Å². The summed E-state index contributed by atoms with van der Waals surface area (Å²) in [7, 11) is 2.23. The first-order valence-electron chi connectivity index (χ1n) is 18.8. The first kappa shape index (κ1) is 38.8. The highest BCUT2D eigenvalue weighted by molar-refractivity contribution is 6.34. The number of nitrogens with one attached hydrogen (secondary N) is 1. The van der Waals surface area contributed by atoms with Crippen molar-refractivity contribution in [3.63, 3.8) is 0 Å². The number of piperidine rings is 2. The van der Waals surface area contributed by atoms with Gasteiger partial charge in [-0.2, -0.15) is 5.26 Å². The lowest BCUT2D eigenvalue weighted by atomic mass is 9.71. The molecule has 0 unspecified atom stereocenters. The van der Waals surface area contributed by atoms with E-state index in [2.05, 4.69) is 80.2 Å². The lowest BCUT2D eigenvalue weighted by molar-refractivity contribution is -0.140. The van der Waals surface area contributed by atoms with Crippen molar-refractivity contribution >= 4 is 40.1 Å². The summed E-state index contributed by atoms with van der Waals surface area (Å²) in [5.41, 5.74) is 7.29. The minimum absolute atomic E-state index is 0.0926. The zero-order valence-corrected chi connectivity index (χ0v) is 32.5. The number of fused-ring (bicyclic) bond motifs is 1. The molecule has 2 saturated heterocycles. The van der Waals surface area contributed by atoms with Gasteiger partial charge in [0.25, 0.3) is 0 Å². The fourth-order valence-electron chi connectivity index (χ4n) is 7.99. The van der Waals surface area contributed by atoms with E-state index >= 15 is 0 Å². The maximum absolute atomic E-state index is 11.6. The van der Waals surface area contributed by atoms with Crippen LogP contribution in [0.25, 0.3) is 22.0 Å². The van der Waals surface area contributed by atoms with E-state index in [1.165, 1.54) is 45.0 Å². The molecule has 3 aromatic carbocycles. The number of nitrogens with zero attached hydrogens (tertiary/aromatic N) is 5. The number of pyridine rings is 1. The summed E-state index contributed by atoms with van der Waals surface area (Å²) >= 11 is 14.1. The number of nitriles is 1. The Balaban J connectivity index is 1.12. The molecular formula is C43H46Cl2N6O4. The Hall–Kier alpha value is -4.47. The van der Waals surface area contributed by atoms with Gasteiger partial charge in [0, 0.05) is 70.8 Å². The number of hydrogen-bond acceptors (Lipinski definition) is 8. The van der Waals surface area contributed by atoms with E-state index in [0.29, 0.717) is 39.4 Å². The molecule has 5 aromatic rings. The second-order valence-corrected chi connectivity index (χ2v) is 15.8. The van der Waals surface area contributed by atoms with E-state index in [9.17, 15) is 20.3 Å². The quantitative estimate of drug-likeness (QED) is 0.112. The van der Waals surface area contributed by atoms with Gasteiger partial charge in [0.2, 0.25) is 0 Å². The third-order valence-electron chi connectivity index (χ3n) is 11.4. The molecule has 0 amide bonds. The van der Waals surface area contributed by atoms with Gasteiger partial charge in [-0.05, 0) is 111 Å². The molecule has 3 N–H and O–H groups in total. The molecule has 4 heterocycles. The van der Waals surface area contributed by atoms with Crippen molar-refractivity contribution in [1.82, 2.24) is 24.7 Å². The number of benzene rings is 3. The second kappa shape index (κ2) is 17.1. The van der Waals surface area contributed by atoms with Crippen LogP contribution in [0.2, 0.25) is 10.0 Å². The van der Waals surface area contributed by atoms with Gasteiger partial charge < -0.3 is 24.4 Å². The maximum Gasteiger partial charge on any atom is 0.323 e. The summed E-state index contributed by atoms with van der Waals surface area (Å²) < 4.78 is 8.39. The molecule has 2 aliphatic rings. The van der Waals surface area contributed by atoms with Crippen LogP contribution in [0.1, 0.15) is 53.5 Å². The number of halogens is 2. The third kappa shape index (κ3) is 8.84. The third-order valence-corrected chi connectivity index (χ3v) is 12.2. The van der Waals surface area contributed by atoms with Crippen LogP contribution in [0.5, 0.6) is 5.75 Å². The number of aliphatic hydroxyl groups excluding tert-OH is 1. The first-order chi connectivity index (χ1) is 26.6. The van der Waals surface area contributed by atoms with Crippen LogP contribution >= 0.6 is 23.2 Å². The minimum Gasteiger partial charge on any atom is -0.489 e. The minimum atomic E-state index is -1.17. The van der Waals surface area contributed by atoms with Crippen LogP contribution in [0, 0.1) is 16.7 Å². The summed E-state index contributed by atoms with van der Waals surface area (Å²) in [6, 6.07) is 21.0. The molecule has 2 aromatic heterocycles. The van der Waals surface area contributed by atoms with Crippen molar-refractivity contribution in [2.24, 2.45) is 5.41 Å². The summed E-state index contributed by atoms with van der Waals surface area (Å²) in [5.74, 6) is -0.672. The number of aliphatic carboxylic acids is 1. The normalized spacial score (nSPS) is 16.6. The lowest BCUT2D eigenvalue weighted by Crippen LogP contribution is -2.45. The summed E-state index contributed by atoms with van der Waals surface area (Å²) in [5, 5.41) is 33.6. The van der Waals surface area contributed by atoms with Gasteiger partial charge in [-0.25, -0.2) is 0 Å². The zero-order valence-electron chi connectivity index (χ0n) is 31.0. The summed E-state index contributed by atoms with van der Waals surface area (Å²) in [6.07, 6.45) is 10.3. The summed E-state index contributed by atoms with van der Waals surface area (Å²) in [6.45, 7) is 5.55. The summed E-state index contributed by atoms with van der Waals surface area (Å²) in [4.78, 5) is 20.7. The lowest BCUT2D eigenvalue weighted by Gasteiger charge is -2.46. The number of carboxylic acids is 1. The number of ether oxygens (including phenoxy) is 1. The average molecular weight is 782 g/mol. The Morgan fingerprint density at radius 3 is 2.45 bits per heavy atom. The number of carboxylic acid groups (broad SMARTS) is 1. The van der Waals surface area contributed by atoms with Crippen molar-refractivity contribution in [2.45, 2.75) is 58.0 Å². The van der Waals surface area contributed by atoms with Crippen molar-refractivity contribution in [1.29, 1.82) is 5.26 Å². The highest BCUT2D eigenvalue weighted by Gasteiger charge is 2.36. The van der Waals surface area contributed by atoms with E-state index in [1.807, 2.05) is 12.3 Å². The molecule has 1 spiro atoms. The fourth-order valence-corrected chi connectivity index (χ4v) is 8.52. The highest BCUT2D eigenvalue weighted by Crippen LogP contribution is 2.42. The number of rotatable bonds is 13. The van der Waals surface area contributed by atoms with Gasteiger partial charge in [-0.15, -0.1) is 0 Å². The Morgan fingerprint density at radius 2 is 1.71 bits per heavy atom. The van der Waals surface area contributed by atoms with Crippen molar-refractivity contribution in [3.8, 4) is 22.9 Å². The predicted molar refractivity (Wildman–Crippen MR) is 215 cm³/mol. The molecule has 0 radical (unpaired) electrons. The van der Waals surface area contributed by atoms with E-state index in [0.717, 1.165) is 57.8 Å². The Morgan fingerprint density at radius 1 is 0.964 bits per heavy atom. The first-order valence-corrected chi connectivity index (χ1v) is 19.5. The number of hydrogen-bond donors (Lipinski definition) is 3. The van der Waals surface area contributed by atoms with Crippen LogP contribution in [0.3, 0.4) is 0 Å². The zero-order chi connectivity index (χ0) is 38.5. The van der Waals surface area contributed by atoms with Crippen molar-refractivity contribution in [2.75, 3.05) is 39.8 Å². The van der Waals surface area contributed by atoms with Crippen molar-refractivity contribution < 1.29 is 19.7 Å². The SMILES string of the molecule is CN1CCC2(CC1)CCN(Cc1cccc(-c3cccc4c3ccn4Cc3cc(OCc4cncc(C#N)c4)c(CN[C@@H](CO)C(=O)O)cc3Cl)c1Cl)CC2. The molecule has 12 heteroatoms. The van der Waals surface area contributed by atoms with Crippen LogP contribution in [-0.4, -0.2) is 81.4 Å². The molecule has 0 aliphatic carbocycles. The second-order valence-electron chi connectivity index (χ2n) is 15.0. The highest BCUT2D eigenvalue weighted by atomic mass is 35.5. The number of aromatic nitrogens is 2. The standard InChI is InChI=1S/C43H46Cl2N6O4/c1-49-14-9-43(10-15-49)11-16-50(17-12-43)25-31-4-2-6-36(41(31)45)34-5-3-7-39-35(34)8-13-51(39)26-33-20-40(55-28-30-18-29(21-46)22-47-23-30)32(19-37(33)44)24-48-38(27-52)42(53)54/h2-8,13,18-20,22-23,38,48,52H,9-12,14-17,24-28H2,1H3,(H,53,54)/t38-/m0/s1. The molecule has 2 aliphatic heterocycles. The largest absolute Gasteiger partial charge is 0.489 e. The smallest absolute Gasteiger partial charge is 0.323 e. The van der Waals surface area contributed by atoms with E-state index in [-0.39, 0.29) is 13.2 Å². The van der Waals surface area contributed by atoms with Crippen LogP contribution in [0.15, 0.2) is 79.3 Å². The molecule has 0 bridgehead atoms. The van der Waals surface area contributed by atoms with Crippen LogP contribution < -0.4 is 10.1 Å². The van der Waals surface area contributed by atoms with Gasteiger partial charge in [-0.1, -0.05) is 53.5 Å². The molecule has 55 heavy (non-hydrogen) atoms. The van der Waals surface area contributed by atoms with E-state index in [1.54, 1.807) is 18.3 Å². The topological polar surface area (TPSA) is 127 Å². The van der Waals surface area contributed by atoms with Gasteiger partial charge >= 0.3 is 5.97 Å². The Labute approximate surface area is 331 Å². The monoisotopic (exact) mass is 780 g/mol. The fraction of sp³-hybridized carbons (Fsp3) is 0.372. The number of likely N-dealkylation sites (tertiary alicyclic amines) is 2. The molecule has 1 atom stereocenters. The average Bonchev–Trinajstić information content (AvgIpc) is 3.61. The Kier molecular flexibility index (Phi) is 12.1. The van der Waals surface area contributed by atoms with Crippen LogP contribution in [0.4, 0.5) is 0 Å². The Bertz CT molecular complexity index is 2200. The molecule has 10 nitrogen and oxygen atoms in total. The molecule has 7 rings (SSSR count). The van der Waals surface area contributed by atoms with Gasteiger partial charge in [0.05, 0.1) is 17.2 Å². The van der Waals surface area contributed by atoms with E-state index < -0.39 is 18.6 Å². The van der Waals surface area contributed by atoms with Gasteiger partial charge in [0.15, 0.2) is 0 Å². The number of aliphatic hydroxyl groups is 1. The number of carbonyl (C=O) groups is 1. The maximum atomic E-state index is 11.6. The predicted octanol–water partition coefficient (Wildman–Crippen LogP) is 7.35. The molecule has 2 fully saturated rings. The van der Waals surface area contributed by atoms with Crippen LogP contribution in [-0.2, 0) is 31.0 Å². The van der Waals surface area contributed by atoms with Gasteiger partial charge in [-0.3, -0.25) is 20.0 Å². The molecular weight excluding hydrogens is 735 g/mol. The molecule has 0 saturated carbocycles. The molecule has 286 valence electrons. The van der Waals surface area contributed by atoms with E-state index in [4.69, 9.17) is 27.9 Å². The van der Waals surface area contributed by atoms with Gasteiger partial charge in [0.1, 0.15) is 24.5 Å².